The standard InChI is InChI=1S/C21H18F3N5O2/c1-27-19-10-16(12-4-6-25-18(8-12)21(22,23)24)26-29(19)17-9-13(2-3-15(17)20(27)31)28-7-5-14(30)11-28/h2-4,6,8-10,14,30H,5,7,11H2,1H3. The lowest BCUT2D eigenvalue weighted by molar-refractivity contribution is -0.141. The van der Waals surface area contributed by atoms with Crippen molar-refractivity contribution in [1.82, 2.24) is 19.2 Å². The predicted molar refractivity (Wildman–Crippen MR) is 109 cm³/mol. The van der Waals surface area contributed by atoms with E-state index >= 15 is 0 Å². The van der Waals surface area contributed by atoms with Crippen molar-refractivity contribution >= 4 is 22.2 Å². The number of aromatic nitrogens is 4. The van der Waals surface area contributed by atoms with Crippen molar-refractivity contribution in [2.24, 2.45) is 7.05 Å². The highest BCUT2D eigenvalue weighted by atomic mass is 19.4. The highest BCUT2D eigenvalue weighted by Gasteiger charge is 2.32. The zero-order valence-electron chi connectivity index (χ0n) is 16.5. The van der Waals surface area contributed by atoms with Crippen LogP contribution in [0.2, 0.25) is 0 Å². The van der Waals surface area contributed by atoms with Crippen LogP contribution in [0.3, 0.4) is 0 Å². The number of pyridine rings is 1. The zero-order chi connectivity index (χ0) is 21.9. The summed E-state index contributed by atoms with van der Waals surface area (Å²) >= 11 is 0. The first-order valence-electron chi connectivity index (χ1n) is 9.71. The predicted octanol–water partition coefficient (Wildman–Crippen LogP) is 2.84. The van der Waals surface area contributed by atoms with Crippen molar-refractivity contribution in [3.63, 3.8) is 0 Å². The summed E-state index contributed by atoms with van der Waals surface area (Å²) in [5, 5.41) is 14.8. The molecule has 1 fully saturated rings. The molecule has 31 heavy (non-hydrogen) atoms. The zero-order valence-corrected chi connectivity index (χ0v) is 16.5. The molecule has 4 aromatic rings. The lowest BCUT2D eigenvalue weighted by Gasteiger charge is -2.18. The second-order valence-electron chi connectivity index (χ2n) is 7.68. The third-order valence-electron chi connectivity index (χ3n) is 5.65. The average molecular weight is 429 g/mol. The average Bonchev–Trinajstić information content (AvgIpc) is 3.38. The molecule has 0 amide bonds. The minimum Gasteiger partial charge on any atom is -0.391 e. The maximum Gasteiger partial charge on any atom is 0.433 e. The molecule has 0 spiro atoms. The van der Waals surface area contributed by atoms with Gasteiger partial charge in [-0.05, 0) is 36.8 Å². The van der Waals surface area contributed by atoms with Crippen LogP contribution in [0.25, 0.3) is 27.8 Å². The van der Waals surface area contributed by atoms with E-state index in [-0.39, 0.29) is 11.1 Å². The van der Waals surface area contributed by atoms with Gasteiger partial charge in [0.2, 0.25) is 0 Å². The Balaban J connectivity index is 1.71. The van der Waals surface area contributed by atoms with Crippen LogP contribution < -0.4 is 10.5 Å². The van der Waals surface area contributed by atoms with Gasteiger partial charge >= 0.3 is 6.18 Å². The van der Waals surface area contributed by atoms with Gasteiger partial charge in [-0.1, -0.05) is 0 Å². The van der Waals surface area contributed by atoms with E-state index in [2.05, 4.69) is 10.1 Å². The first-order valence-corrected chi connectivity index (χ1v) is 9.71. The highest BCUT2D eigenvalue weighted by molar-refractivity contribution is 5.85. The Morgan fingerprint density at radius 3 is 2.68 bits per heavy atom. The third kappa shape index (κ3) is 3.23. The number of halogens is 3. The van der Waals surface area contributed by atoms with Gasteiger partial charge in [0.25, 0.3) is 5.56 Å². The number of benzene rings is 1. The van der Waals surface area contributed by atoms with Gasteiger partial charge in [-0.15, -0.1) is 0 Å². The number of alkyl halides is 3. The number of β-amino-alcohol motifs (C(OH)–C–C–N with tert-alkyl or cyclic N) is 1. The molecular weight excluding hydrogens is 411 g/mol. The molecule has 0 saturated carbocycles. The van der Waals surface area contributed by atoms with Crippen molar-refractivity contribution in [3.8, 4) is 11.3 Å². The summed E-state index contributed by atoms with van der Waals surface area (Å²) in [5.41, 5.74) is 1.18. The van der Waals surface area contributed by atoms with Crippen LogP contribution in [0.5, 0.6) is 0 Å². The molecule has 3 aromatic heterocycles. The number of rotatable bonds is 2. The SMILES string of the molecule is Cn1c(=O)c2ccc(N3CCC(O)C3)cc2n2nc(-c3ccnc(C(F)(F)F)c3)cc12. The largest absolute Gasteiger partial charge is 0.433 e. The molecule has 160 valence electrons. The maximum atomic E-state index is 13.1. The molecule has 1 saturated heterocycles. The van der Waals surface area contributed by atoms with E-state index in [1.165, 1.54) is 10.6 Å². The smallest absolute Gasteiger partial charge is 0.391 e. The lowest BCUT2D eigenvalue weighted by atomic mass is 10.1. The van der Waals surface area contributed by atoms with Gasteiger partial charge < -0.3 is 10.0 Å². The summed E-state index contributed by atoms with van der Waals surface area (Å²) in [6.45, 7) is 1.20. The molecular formula is C21H18F3N5O2. The lowest BCUT2D eigenvalue weighted by Crippen LogP contribution is -2.22. The summed E-state index contributed by atoms with van der Waals surface area (Å²) in [5.74, 6) is 0. The number of hydrogen-bond acceptors (Lipinski definition) is 5. The fourth-order valence-electron chi connectivity index (χ4n) is 4.01. The van der Waals surface area contributed by atoms with Gasteiger partial charge in [0.15, 0.2) is 0 Å². The molecule has 0 radical (unpaired) electrons. The van der Waals surface area contributed by atoms with Gasteiger partial charge in [0.1, 0.15) is 11.3 Å². The van der Waals surface area contributed by atoms with Gasteiger partial charge in [0, 0.05) is 43.7 Å². The molecule has 1 unspecified atom stereocenters. The maximum absolute atomic E-state index is 13.1. The van der Waals surface area contributed by atoms with Crippen LogP contribution in [-0.2, 0) is 13.2 Å². The Morgan fingerprint density at radius 2 is 1.97 bits per heavy atom. The second-order valence-corrected chi connectivity index (χ2v) is 7.68. The number of hydrogen-bond donors (Lipinski definition) is 1. The summed E-state index contributed by atoms with van der Waals surface area (Å²) in [7, 11) is 1.60. The Morgan fingerprint density at radius 1 is 1.16 bits per heavy atom. The summed E-state index contributed by atoms with van der Waals surface area (Å²) in [6, 6.07) is 9.35. The van der Waals surface area contributed by atoms with Crippen LogP contribution >= 0.6 is 0 Å². The van der Waals surface area contributed by atoms with Crippen LogP contribution in [-0.4, -0.2) is 43.5 Å². The van der Waals surface area contributed by atoms with E-state index in [4.69, 9.17) is 0 Å². The van der Waals surface area contributed by atoms with Crippen molar-refractivity contribution in [3.05, 3.63) is 58.6 Å². The molecule has 1 aliphatic rings. The van der Waals surface area contributed by atoms with Crippen molar-refractivity contribution in [2.45, 2.75) is 18.7 Å². The fraction of sp³-hybridized carbons (Fsp3) is 0.286. The Labute approximate surface area is 174 Å². The first kappa shape index (κ1) is 19.6. The third-order valence-corrected chi connectivity index (χ3v) is 5.65. The molecule has 7 nitrogen and oxygen atoms in total. The summed E-state index contributed by atoms with van der Waals surface area (Å²) in [6.07, 6.45) is -3.20. The topological polar surface area (TPSA) is 75.7 Å². The van der Waals surface area contributed by atoms with Crippen LogP contribution in [0.4, 0.5) is 18.9 Å². The Kier molecular flexibility index (Phi) is 4.30. The Bertz CT molecular complexity index is 1380. The van der Waals surface area contributed by atoms with Crippen molar-refractivity contribution < 1.29 is 18.3 Å². The minimum absolute atomic E-state index is 0.229. The molecule has 1 N–H and O–H groups in total. The number of aryl methyl sites for hydroxylation is 1. The first-order chi connectivity index (χ1) is 14.7. The number of aliphatic hydroxyl groups is 1. The molecule has 1 aromatic carbocycles. The number of nitrogens with zero attached hydrogens (tertiary/aromatic N) is 5. The van der Waals surface area contributed by atoms with E-state index in [9.17, 15) is 23.1 Å². The number of fused-ring (bicyclic) bond motifs is 3. The van der Waals surface area contributed by atoms with Crippen LogP contribution in [0, 0.1) is 0 Å². The summed E-state index contributed by atoms with van der Waals surface area (Å²) in [4.78, 5) is 18.3. The van der Waals surface area contributed by atoms with E-state index in [0.29, 0.717) is 41.8 Å². The van der Waals surface area contributed by atoms with Crippen molar-refractivity contribution in [1.29, 1.82) is 0 Å². The normalized spacial score (nSPS) is 17.2. The number of aliphatic hydroxyl groups excluding tert-OH is 1. The molecule has 1 atom stereocenters. The van der Waals surface area contributed by atoms with E-state index in [1.54, 1.807) is 23.7 Å². The van der Waals surface area contributed by atoms with E-state index < -0.39 is 18.0 Å². The molecule has 0 aliphatic carbocycles. The monoisotopic (exact) mass is 429 g/mol. The van der Waals surface area contributed by atoms with Crippen LogP contribution in [0.15, 0.2) is 47.4 Å². The van der Waals surface area contributed by atoms with E-state index in [0.717, 1.165) is 18.0 Å². The number of anilines is 1. The second kappa shape index (κ2) is 6.81. The molecule has 10 heteroatoms. The van der Waals surface area contributed by atoms with E-state index in [1.807, 2.05) is 17.0 Å². The van der Waals surface area contributed by atoms with Gasteiger partial charge in [-0.2, -0.15) is 18.3 Å². The molecule has 0 bridgehead atoms. The van der Waals surface area contributed by atoms with Gasteiger partial charge in [-0.25, -0.2) is 4.52 Å². The van der Waals surface area contributed by atoms with Crippen molar-refractivity contribution in [2.75, 3.05) is 18.0 Å². The fourth-order valence-corrected chi connectivity index (χ4v) is 4.01. The Hall–Kier alpha value is -3.40. The minimum atomic E-state index is -4.57. The van der Waals surface area contributed by atoms with Gasteiger partial charge in [-0.3, -0.25) is 14.3 Å². The molecule has 5 rings (SSSR count). The molecule has 4 heterocycles. The van der Waals surface area contributed by atoms with Gasteiger partial charge in [0.05, 0.1) is 22.7 Å². The summed E-state index contributed by atoms with van der Waals surface area (Å²) < 4.78 is 42.2. The quantitative estimate of drug-likeness (QED) is 0.531. The van der Waals surface area contributed by atoms with Crippen LogP contribution in [0.1, 0.15) is 12.1 Å². The molecule has 1 aliphatic heterocycles. The highest BCUT2D eigenvalue weighted by Crippen LogP contribution is 2.31.